The minimum absolute atomic E-state index is 0.0909. The quantitative estimate of drug-likeness (QED) is 0.0469. The van der Waals surface area contributed by atoms with Crippen molar-refractivity contribution in [3.05, 3.63) is 36.5 Å². The van der Waals surface area contributed by atoms with Crippen LogP contribution < -0.4 is 5.32 Å². The molecule has 0 aromatic carbocycles. The standard InChI is InChI=1S/C42H79NO3/c1-3-5-7-9-11-13-15-17-18-19-20-21-22-23-24-26-27-29-31-33-35-37-41(45)40(39-44)43-42(46)38-36-34-32-30-28-25-16-14-12-10-8-6-4-2/h25,27-29,35,37,40-41,44-45H,3-24,26,30-34,36,38-39H2,1-2H3,(H,43,46)/b28-25-,29-27+,37-35+. The minimum Gasteiger partial charge on any atom is -0.394 e. The van der Waals surface area contributed by atoms with Crippen molar-refractivity contribution in [2.45, 2.75) is 219 Å². The molecule has 46 heavy (non-hydrogen) atoms. The smallest absolute Gasteiger partial charge is 0.220 e. The van der Waals surface area contributed by atoms with E-state index in [9.17, 15) is 15.0 Å². The van der Waals surface area contributed by atoms with Gasteiger partial charge in [-0.15, -0.1) is 0 Å². The fraction of sp³-hybridized carbons (Fsp3) is 0.833. The van der Waals surface area contributed by atoms with Gasteiger partial charge in [0.25, 0.3) is 0 Å². The Morgan fingerprint density at radius 1 is 0.500 bits per heavy atom. The van der Waals surface area contributed by atoms with Crippen LogP contribution in [-0.2, 0) is 4.79 Å². The topological polar surface area (TPSA) is 69.6 Å². The number of hydrogen-bond acceptors (Lipinski definition) is 3. The van der Waals surface area contributed by atoms with Crippen molar-refractivity contribution in [1.82, 2.24) is 5.32 Å². The number of carbonyl (C=O) groups is 1. The largest absolute Gasteiger partial charge is 0.394 e. The molecule has 270 valence electrons. The Morgan fingerprint density at radius 3 is 1.26 bits per heavy atom. The van der Waals surface area contributed by atoms with Crippen molar-refractivity contribution in [1.29, 1.82) is 0 Å². The van der Waals surface area contributed by atoms with E-state index in [1.165, 1.54) is 141 Å². The van der Waals surface area contributed by atoms with Crippen molar-refractivity contribution in [3.63, 3.8) is 0 Å². The molecular weight excluding hydrogens is 566 g/mol. The van der Waals surface area contributed by atoms with E-state index in [1.54, 1.807) is 6.08 Å². The number of allylic oxidation sites excluding steroid dienone is 5. The summed E-state index contributed by atoms with van der Waals surface area (Å²) in [6.07, 6.45) is 49.6. The summed E-state index contributed by atoms with van der Waals surface area (Å²) >= 11 is 0. The number of aliphatic hydroxyl groups is 2. The second kappa shape index (κ2) is 38.1. The van der Waals surface area contributed by atoms with E-state index in [4.69, 9.17) is 0 Å². The van der Waals surface area contributed by atoms with Gasteiger partial charge in [0, 0.05) is 6.42 Å². The molecule has 0 aromatic rings. The van der Waals surface area contributed by atoms with Gasteiger partial charge < -0.3 is 15.5 Å². The summed E-state index contributed by atoms with van der Waals surface area (Å²) < 4.78 is 0. The first-order valence-corrected chi connectivity index (χ1v) is 20.2. The van der Waals surface area contributed by atoms with Gasteiger partial charge in [-0.2, -0.15) is 0 Å². The first-order chi connectivity index (χ1) is 22.7. The number of amides is 1. The predicted octanol–water partition coefficient (Wildman–Crippen LogP) is 12.2. The van der Waals surface area contributed by atoms with Gasteiger partial charge in [0.05, 0.1) is 18.8 Å². The zero-order valence-corrected chi connectivity index (χ0v) is 30.8. The maximum absolute atomic E-state index is 12.3. The van der Waals surface area contributed by atoms with Gasteiger partial charge in [-0.25, -0.2) is 0 Å². The van der Waals surface area contributed by atoms with Gasteiger partial charge in [-0.05, 0) is 57.8 Å². The summed E-state index contributed by atoms with van der Waals surface area (Å²) in [7, 11) is 0. The van der Waals surface area contributed by atoms with Crippen LogP contribution in [-0.4, -0.2) is 34.9 Å². The lowest BCUT2D eigenvalue weighted by atomic mass is 10.0. The molecule has 0 saturated carbocycles. The second-order valence-corrected chi connectivity index (χ2v) is 13.7. The lowest BCUT2D eigenvalue weighted by Gasteiger charge is -2.19. The van der Waals surface area contributed by atoms with Crippen LogP contribution in [0.1, 0.15) is 206 Å². The van der Waals surface area contributed by atoms with Crippen LogP contribution in [0.15, 0.2) is 36.5 Å². The summed E-state index contributed by atoms with van der Waals surface area (Å²) in [5.74, 6) is -0.0909. The van der Waals surface area contributed by atoms with Gasteiger partial charge in [-0.1, -0.05) is 179 Å². The van der Waals surface area contributed by atoms with Crippen LogP contribution in [0, 0.1) is 0 Å². The van der Waals surface area contributed by atoms with Crippen LogP contribution in [0.4, 0.5) is 0 Å². The van der Waals surface area contributed by atoms with Crippen LogP contribution in [0.5, 0.6) is 0 Å². The molecule has 0 fully saturated rings. The first-order valence-electron chi connectivity index (χ1n) is 20.2. The van der Waals surface area contributed by atoms with Crippen LogP contribution >= 0.6 is 0 Å². The van der Waals surface area contributed by atoms with Crippen molar-refractivity contribution >= 4 is 5.91 Å². The van der Waals surface area contributed by atoms with Crippen molar-refractivity contribution in [2.24, 2.45) is 0 Å². The molecular formula is C42H79NO3. The Hall–Kier alpha value is -1.39. The maximum Gasteiger partial charge on any atom is 0.220 e. The fourth-order valence-corrected chi connectivity index (χ4v) is 5.95. The van der Waals surface area contributed by atoms with Crippen LogP contribution in [0.2, 0.25) is 0 Å². The molecule has 2 unspecified atom stereocenters. The van der Waals surface area contributed by atoms with E-state index in [-0.39, 0.29) is 12.5 Å². The molecule has 0 radical (unpaired) electrons. The molecule has 0 aliphatic heterocycles. The number of nitrogens with one attached hydrogen (secondary N) is 1. The molecule has 4 heteroatoms. The van der Waals surface area contributed by atoms with Gasteiger partial charge in [0.1, 0.15) is 0 Å². The van der Waals surface area contributed by atoms with Crippen LogP contribution in [0.25, 0.3) is 0 Å². The maximum atomic E-state index is 12.3. The Morgan fingerprint density at radius 2 is 0.848 bits per heavy atom. The van der Waals surface area contributed by atoms with Crippen molar-refractivity contribution < 1.29 is 15.0 Å². The molecule has 1 amide bonds. The highest BCUT2D eigenvalue weighted by atomic mass is 16.3. The number of unbranched alkanes of at least 4 members (excludes halogenated alkanes) is 25. The lowest BCUT2D eigenvalue weighted by Crippen LogP contribution is -2.45. The number of rotatable bonds is 36. The number of hydrogen-bond donors (Lipinski definition) is 3. The van der Waals surface area contributed by atoms with Gasteiger partial charge in [0.15, 0.2) is 0 Å². The van der Waals surface area contributed by atoms with E-state index in [0.717, 1.165) is 44.9 Å². The highest BCUT2D eigenvalue weighted by molar-refractivity contribution is 5.76. The van der Waals surface area contributed by atoms with E-state index in [0.29, 0.717) is 6.42 Å². The molecule has 0 rings (SSSR count). The third-order valence-electron chi connectivity index (χ3n) is 9.10. The minimum atomic E-state index is -0.866. The average Bonchev–Trinajstić information content (AvgIpc) is 3.06. The predicted molar refractivity (Wildman–Crippen MR) is 202 cm³/mol. The van der Waals surface area contributed by atoms with Gasteiger partial charge in [0.2, 0.25) is 5.91 Å². The molecule has 0 heterocycles. The normalized spacial score (nSPS) is 13.4. The summed E-state index contributed by atoms with van der Waals surface area (Å²) in [6, 6.07) is -0.644. The van der Waals surface area contributed by atoms with E-state index >= 15 is 0 Å². The first kappa shape index (κ1) is 44.6. The Bertz CT molecular complexity index is 701. The summed E-state index contributed by atoms with van der Waals surface area (Å²) in [5.41, 5.74) is 0. The zero-order chi connectivity index (χ0) is 33.6. The molecule has 0 aromatic heterocycles. The summed E-state index contributed by atoms with van der Waals surface area (Å²) in [6.45, 7) is 4.28. The van der Waals surface area contributed by atoms with Crippen molar-refractivity contribution in [2.75, 3.05) is 6.61 Å². The third kappa shape index (κ3) is 34.0. The Balaban J connectivity index is 3.64. The molecule has 0 saturated heterocycles. The second-order valence-electron chi connectivity index (χ2n) is 13.7. The molecule has 0 spiro atoms. The lowest BCUT2D eigenvalue weighted by molar-refractivity contribution is -0.123. The fourth-order valence-electron chi connectivity index (χ4n) is 5.95. The van der Waals surface area contributed by atoms with Crippen molar-refractivity contribution in [3.8, 4) is 0 Å². The Kier molecular flexibility index (Phi) is 36.9. The molecule has 3 N–H and O–H groups in total. The van der Waals surface area contributed by atoms with E-state index < -0.39 is 12.1 Å². The number of aliphatic hydroxyl groups excluding tert-OH is 2. The van der Waals surface area contributed by atoms with E-state index in [1.807, 2.05) is 6.08 Å². The molecule has 0 aliphatic carbocycles. The summed E-state index contributed by atoms with van der Waals surface area (Å²) in [5, 5.41) is 22.9. The Labute approximate surface area is 287 Å². The average molecular weight is 646 g/mol. The third-order valence-corrected chi connectivity index (χ3v) is 9.10. The van der Waals surface area contributed by atoms with E-state index in [2.05, 4.69) is 43.5 Å². The van der Waals surface area contributed by atoms with Crippen LogP contribution in [0.3, 0.4) is 0 Å². The molecule has 4 nitrogen and oxygen atoms in total. The molecule has 0 aliphatic rings. The molecule has 2 atom stereocenters. The molecule has 0 bridgehead atoms. The van der Waals surface area contributed by atoms with Gasteiger partial charge in [-0.3, -0.25) is 4.79 Å². The zero-order valence-electron chi connectivity index (χ0n) is 30.8. The monoisotopic (exact) mass is 646 g/mol. The van der Waals surface area contributed by atoms with Gasteiger partial charge >= 0.3 is 0 Å². The summed E-state index contributed by atoms with van der Waals surface area (Å²) in [4.78, 5) is 12.3. The highest BCUT2D eigenvalue weighted by Gasteiger charge is 2.17. The SMILES string of the molecule is CCCCCCCC/C=C\CCCCCC(=O)NC(CO)C(O)/C=C/CC/C=C/CCCCCCCCCCCCCCCCC. The number of carbonyl (C=O) groups excluding carboxylic acids is 1. The highest BCUT2D eigenvalue weighted by Crippen LogP contribution is 2.14.